The van der Waals surface area contributed by atoms with E-state index in [-0.39, 0.29) is 5.91 Å². The van der Waals surface area contributed by atoms with Crippen LogP contribution < -0.4 is 4.31 Å². The summed E-state index contributed by atoms with van der Waals surface area (Å²) < 4.78 is 26.0. The van der Waals surface area contributed by atoms with Crippen molar-refractivity contribution in [2.24, 2.45) is 0 Å². The Kier molecular flexibility index (Phi) is 6.05. The summed E-state index contributed by atoms with van der Waals surface area (Å²) >= 11 is 0. The second kappa shape index (κ2) is 7.86. The Morgan fingerprint density at radius 3 is 2.20 bits per heavy atom. The zero-order valence-electron chi connectivity index (χ0n) is 14.9. The maximum absolute atomic E-state index is 13.0. The van der Waals surface area contributed by atoms with Crippen molar-refractivity contribution in [3.63, 3.8) is 0 Å². The van der Waals surface area contributed by atoms with Crippen molar-refractivity contribution in [1.29, 1.82) is 0 Å². The molecule has 2 rings (SSSR count). The number of nitrogens with zero attached hydrogens (tertiary/aromatic N) is 3. The van der Waals surface area contributed by atoms with Crippen LogP contribution in [0.4, 0.5) is 5.69 Å². The van der Waals surface area contributed by atoms with Crippen molar-refractivity contribution in [3.05, 3.63) is 29.8 Å². The van der Waals surface area contributed by atoms with Crippen LogP contribution in [-0.2, 0) is 19.6 Å². The van der Waals surface area contributed by atoms with E-state index in [2.05, 4.69) is 0 Å². The van der Waals surface area contributed by atoms with Gasteiger partial charge in [-0.15, -0.1) is 0 Å². The lowest BCUT2D eigenvalue weighted by molar-refractivity contribution is -0.136. The standard InChI is InChI=1S/C17H25N3O4S/c1-4-16(17(22)19-11-9-18(13-21)10-12-19)20(25(3,23)24)15-7-5-14(2)6-8-15/h5-8,13,16H,4,9-12H2,1-3H3/t16-/m0/s1. The molecule has 0 N–H and O–H groups in total. The Hall–Kier alpha value is -2.09. The summed E-state index contributed by atoms with van der Waals surface area (Å²) in [5.41, 5.74) is 1.50. The van der Waals surface area contributed by atoms with Gasteiger partial charge >= 0.3 is 0 Å². The summed E-state index contributed by atoms with van der Waals surface area (Å²) in [6.07, 6.45) is 2.26. The Balaban J connectivity index is 2.29. The van der Waals surface area contributed by atoms with E-state index in [1.54, 1.807) is 28.9 Å². The largest absolute Gasteiger partial charge is 0.342 e. The number of benzene rings is 1. The van der Waals surface area contributed by atoms with E-state index >= 15 is 0 Å². The van der Waals surface area contributed by atoms with E-state index in [1.807, 2.05) is 19.1 Å². The first kappa shape index (κ1) is 19.2. The maximum Gasteiger partial charge on any atom is 0.246 e. The van der Waals surface area contributed by atoms with Gasteiger partial charge in [0, 0.05) is 26.2 Å². The third-order valence-corrected chi connectivity index (χ3v) is 5.56. The molecule has 0 aromatic heterocycles. The molecule has 25 heavy (non-hydrogen) atoms. The highest BCUT2D eigenvalue weighted by molar-refractivity contribution is 7.92. The van der Waals surface area contributed by atoms with Gasteiger partial charge in [0.05, 0.1) is 11.9 Å². The van der Waals surface area contributed by atoms with Gasteiger partial charge in [0.15, 0.2) is 0 Å². The molecule has 0 radical (unpaired) electrons. The highest BCUT2D eigenvalue weighted by Gasteiger charge is 2.35. The average molecular weight is 367 g/mol. The molecule has 0 saturated carbocycles. The van der Waals surface area contributed by atoms with Crippen LogP contribution in [0.25, 0.3) is 0 Å². The normalized spacial score (nSPS) is 16.4. The number of carbonyl (C=O) groups is 2. The molecular weight excluding hydrogens is 342 g/mol. The van der Waals surface area contributed by atoms with E-state index in [9.17, 15) is 18.0 Å². The third kappa shape index (κ3) is 4.50. The molecule has 2 amide bonds. The van der Waals surface area contributed by atoms with Crippen LogP contribution in [0.5, 0.6) is 0 Å². The monoisotopic (exact) mass is 367 g/mol. The van der Waals surface area contributed by atoms with Crippen molar-refractivity contribution >= 4 is 28.0 Å². The van der Waals surface area contributed by atoms with Crippen molar-refractivity contribution < 1.29 is 18.0 Å². The summed E-state index contributed by atoms with van der Waals surface area (Å²) in [4.78, 5) is 27.0. The van der Waals surface area contributed by atoms with E-state index < -0.39 is 16.1 Å². The van der Waals surface area contributed by atoms with E-state index in [0.29, 0.717) is 38.3 Å². The summed E-state index contributed by atoms with van der Waals surface area (Å²) in [5.74, 6) is -0.223. The third-order valence-electron chi connectivity index (χ3n) is 4.38. The lowest BCUT2D eigenvalue weighted by Crippen LogP contribution is -2.55. The average Bonchev–Trinajstić information content (AvgIpc) is 2.59. The molecule has 1 saturated heterocycles. The predicted molar refractivity (Wildman–Crippen MR) is 96.8 cm³/mol. The Morgan fingerprint density at radius 2 is 1.76 bits per heavy atom. The minimum absolute atomic E-state index is 0.223. The molecule has 0 unspecified atom stereocenters. The van der Waals surface area contributed by atoms with Crippen LogP contribution >= 0.6 is 0 Å². The molecule has 1 fully saturated rings. The first-order valence-corrected chi connectivity index (χ1v) is 10.2. The number of rotatable bonds is 6. The van der Waals surface area contributed by atoms with Crippen LogP contribution in [0.15, 0.2) is 24.3 Å². The molecule has 0 bridgehead atoms. The molecule has 1 aliphatic rings. The van der Waals surface area contributed by atoms with Crippen LogP contribution in [0.3, 0.4) is 0 Å². The van der Waals surface area contributed by atoms with Gasteiger partial charge in [-0.2, -0.15) is 0 Å². The number of carbonyl (C=O) groups excluding carboxylic acids is 2. The molecule has 8 heteroatoms. The molecular formula is C17H25N3O4S. The van der Waals surface area contributed by atoms with Crippen LogP contribution in [-0.4, -0.2) is 69.0 Å². The van der Waals surface area contributed by atoms with E-state index in [1.165, 1.54) is 4.31 Å². The van der Waals surface area contributed by atoms with Crippen LogP contribution in [0.2, 0.25) is 0 Å². The Bertz CT molecular complexity index is 710. The van der Waals surface area contributed by atoms with Crippen molar-refractivity contribution in [1.82, 2.24) is 9.80 Å². The maximum atomic E-state index is 13.0. The second-order valence-corrected chi connectivity index (χ2v) is 8.14. The summed E-state index contributed by atoms with van der Waals surface area (Å²) in [5, 5.41) is 0. The number of piperazine rings is 1. The topological polar surface area (TPSA) is 78.0 Å². The highest BCUT2D eigenvalue weighted by Crippen LogP contribution is 2.24. The summed E-state index contributed by atoms with van der Waals surface area (Å²) in [7, 11) is -3.62. The minimum atomic E-state index is -3.62. The van der Waals surface area contributed by atoms with Gasteiger partial charge < -0.3 is 9.80 Å². The number of sulfonamides is 1. The lowest BCUT2D eigenvalue weighted by atomic mass is 10.1. The van der Waals surface area contributed by atoms with E-state index in [0.717, 1.165) is 18.2 Å². The SMILES string of the molecule is CC[C@@H](C(=O)N1CCN(C=O)CC1)N(c1ccc(C)cc1)S(C)(=O)=O. The van der Waals surface area contributed by atoms with Gasteiger partial charge in [-0.05, 0) is 25.5 Å². The fraction of sp³-hybridized carbons (Fsp3) is 0.529. The summed E-state index contributed by atoms with van der Waals surface area (Å²) in [6, 6.07) is 6.30. The molecule has 1 aromatic rings. The number of hydrogen-bond donors (Lipinski definition) is 0. The first-order valence-electron chi connectivity index (χ1n) is 8.32. The summed E-state index contributed by atoms with van der Waals surface area (Å²) in [6.45, 7) is 5.49. The smallest absolute Gasteiger partial charge is 0.246 e. The molecule has 0 aliphatic carbocycles. The van der Waals surface area contributed by atoms with Gasteiger partial charge in [-0.1, -0.05) is 24.6 Å². The van der Waals surface area contributed by atoms with Crippen molar-refractivity contribution in [2.75, 3.05) is 36.7 Å². The minimum Gasteiger partial charge on any atom is -0.342 e. The fourth-order valence-electron chi connectivity index (χ4n) is 2.99. The number of amides is 2. The molecule has 1 aliphatic heterocycles. The quantitative estimate of drug-likeness (QED) is 0.698. The highest BCUT2D eigenvalue weighted by atomic mass is 32.2. The second-order valence-electron chi connectivity index (χ2n) is 6.29. The molecule has 138 valence electrons. The van der Waals surface area contributed by atoms with E-state index in [4.69, 9.17) is 0 Å². The van der Waals surface area contributed by atoms with Gasteiger partial charge in [-0.3, -0.25) is 13.9 Å². The molecule has 0 spiro atoms. The van der Waals surface area contributed by atoms with Gasteiger partial charge in [-0.25, -0.2) is 8.42 Å². The zero-order chi connectivity index (χ0) is 18.6. The van der Waals surface area contributed by atoms with Crippen molar-refractivity contribution in [3.8, 4) is 0 Å². The molecule has 1 heterocycles. The van der Waals surface area contributed by atoms with Gasteiger partial charge in [0.1, 0.15) is 6.04 Å². The lowest BCUT2D eigenvalue weighted by Gasteiger charge is -2.37. The molecule has 7 nitrogen and oxygen atoms in total. The number of hydrogen-bond acceptors (Lipinski definition) is 4. The van der Waals surface area contributed by atoms with Crippen molar-refractivity contribution in [2.45, 2.75) is 26.3 Å². The zero-order valence-corrected chi connectivity index (χ0v) is 15.7. The van der Waals surface area contributed by atoms with Crippen LogP contribution in [0, 0.1) is 6.92 Å². The van der Waals surface area contributed by atoms with Crippen LogP contribution in [0.1, 0.15) is 18.9 Å². The fourth-order valence-corrected chi connectivity index (χ4v) is 4.20. The molecule has 1 atom stereocenters. The molecule has 1 aromatic carbocycles. The number of anilines is 1. The number of aryl methyl sites for hydroxylation is 1. The first-order chi connectivity index (χ1) is 11.8. The van der Waals surface area contributed by atoms with Gasteiger partial charge in [0.25, 0.3) is 0 Å². The Labute approximate surface area is 149 Å². The Morgan fingerprint density at radius 1 is 1.20 bits per heavy atom. The predicted octanol–water partition coefficient (Wildman–Crippen LogP) is 0.840. The van der Waals surface area contributed by atoms with Gasteiger partial charge in [0.2, 0.25) is 22.3 Å².